The monoisotopic (exact) mass is 373 g/mol. The minimum absolute atomic E-state index is 0.0883. The molecular formula is C19H20BrNO2. The van der Waals surface area contributed by atoms with Gasteiger partial charge >= 0.3 is 6.09 Å². The topological polar surface area (TPSA) is 29.5 Å². The number of hydrogen-bond acceptors (Lipinski definition) is 2. The van der Waals surface area contributed by atoms with Crippen LogP contribution < -0.4 is 4.90 Å². The number of amides is 1. The number of aryl methyl sites for hydroxylation is 1. The number of carbonyl (C=O) groups is 1. The molecule has 0 aliphatic carbocycles. The lowest BCUT2D eigenvalue weighted by molar-refractivity contribution is 0.146. The molecule has 1 aliphatic heterocycles. The van der Waals surface area contributed by atoms with Gasteiger partial charge in [0, 0.05) is 16.4 Å². The Morgan fingerprint density at radius 2 is 1.91 bits per heavy atom. The molecular weight excluding hydrogens is 354 g/mol. The molecule has 1 heterocycles. The standard InChI is InChI=1S/C19H20BrNO2/c1-13-9-10-15(20)17-16(13)19(2,3)12-21(17)18(22)23-11-14-7-5-4-6-8-14/h4-10H,11-12H2,1-3H3. The van der Waals surface area contributed by atoms with E-state index in [0.717, 1.165) is 15.7 Å². The highest BCUT2D eigenvalue weighted by molar-refractivity contribution is 9.10. The molecule has 0 unspecified atom stereocenters. The normalized spacial score (nSPS) is 15.4. The highest BCUT2D eigenvalue weighted by atomic mass is 79.9. The van der Waals surface area contributed by atoms with Gasteiger partial charge in [-0.2, -0.15) is 0 Å². The SMILES string of the molecule is Cc1ccc(Br)c2c1C(C)(C)CN2C(=O)OCc1ccccc1. The number of rotatable bonds is 2. The molecule has 0 spiro atoms. The van der Waals surface area contributed by atoms with Crippen molar-refractivity contribution in [2.45, 2.75) is 32.8 Å². The van der Waals surface area contributed by atoms with E-state index in [1.54, 1.807) is 4.90 Å². The molecule has 0 bridgehead atoms. The van der Waals surface area contributed by atoms with Crippen LogP contribution in [0.3, 0.4) is 0 Å². The van der Waals surface area contributed by atoms with Gasteiger partial charge in [0.2, 0.25) is 0 Å². The fraction of sp³-hybridized carbons (Fsp3) is 0.316. The highest BCUT2D eigenvalue weighted by Gasteiger charge is 2.41. The Labute approximate surface area is 145 Å². The van der Waals surface area contributed by atoms with E-state index in [1.807, 2.05) is 36.4 Å². The van der Waals surface area contributed by atoms with Gasteiger partial charge in [0.05, 0.1) is 5.69 Å². The Hall–Kier alpha value is -1.81. The first-order valence-electron chi connectivity index (χ1n) is 7.68. The molecule has 120 valence electrons. The second-order valence-electron chi connectivity index (χ2n) is 6.60. The van der Waals surface area contributed by atoms with E-state index in [1.165, 1.54) is 11.1 Å². The molecule has 0 saturated heterocycles. The summed E-state index contributed by atoms with van der Waals surface area (Å²) in [5.41, 5.74) is 4.25. The summed E-state index contributed by atoms with van der Waals surface area (Å²) in [6.45, 7) is 7.33. The van der Waals surface area contributed by atoms with Crippen molar-refractivity contribution in [3.8, 4) is 0 Å². The Bertz CT molecular complexity index is 741. The number of hydrogen-bond donors (Lipinski definition) is 0. The molecule has 0 aromatic heterocycles. The van der Waals surface area contributed by atoms with Crippen LogP contribution in [-0.4, -0.2) is 12.6 Å². The van der Waals surface area contributed by atoms with Gasteiger partial charge in [0.25, 0.3) is 0 Å². The fourth-order valence-corrected chi connectivity index (χ4v) is 3.84. The zero-order valence-electron chi connectivity index (χ0n) is 13.6. The van der Waals surface area contributed by atoms with Gasteiger partial charge in [0.15, 0.2) is 0 Å². The predicted molar refractivity (Wildman–Crippen MR) is 95.9 cm³/mol. The van der Waals surface area contributed by atoms with Crippen LogP contribution in [0.5, 0.6) is 0 Å². The van der Waals surface area contributed by atoms with Crippen LogP contribution >= 0.6 is 15.9 Å². The lowest BCUT2D eigenvalue weighted by Gasteiger charge is -2.21. The summed E-state index contributed by atoms with van der Waals surface area (Å²) in [5.74, 6) is 0. The van der Waals surface area contributed by atoms with Gasteiger partial charge in [0.1, 0.15) is 6.61 Å². The van der Waals surface area contributed by atoms with Gasteiger partial charge in [-0.25, -0.2) is 4.79 Å². The second kappa shape index (κ2) is 6.00. The summed E-state index contributed by atoms with van der Waals surface area (Å²) in [4.78, 5) is 14.4. The molecule has 0 N–H and O–H groups in total. The van der Waals surface area contributed by atoms with Crippen LogP contribution in [0.25, 0.3) is 0 Å². The maximum Gasteiger partial charge on any atom is 0.414 e. The Balaban J connectivity index is 1.85. The van der Waals surface area contributed by atoms with Gasteiger partial charge in [-0.3, -0.25) is 4.90 Å². The van der Waals surface area contributed by atoms with E-state index in [9.17, 15) is 4.79 Å². The summed E-state index contributed by atoms with van der Waals surface area (Å²) in [6, 6.07) is 13.8. The van der Waals surface area contributed by atoms with E-state index >= 15 is 0 Å². The average molecular weight is 374 g/mol. The van der Waals surface area contributed by atoms with Crippen molar-refractivity contribution < 1.29 is 9.53 Å². The third-order valence-electron chi connectivity index (χ3n) is 4.26. The first kappa shape index (κ1) is 16.1. The quantitative estimate of drug-likeness (QED) is 0.724. The molecule has 0 fully saturated rings. The molecule has 4 heteroatoms. The van der Waals surface area contributed by atoms with Crippen molar-refractivity contribution in [3.05, 3.63) is 63.6 Å². The fourth-order valence-electron chi connectivity index (χ4n) is 3.29. The number of halogens is 1. The minimum Gasteiger partial charge on any atom is -0.444 e. The maximum atomic E-state index is 12.6. The number of anilines is 1. The maximum absolute atomic E-state index is 12.6. The van der Waals surface area contributed by atoms with Crippen molar-refractivity contribution in [2.24, 2.45) is 0 Å². The average Bonchev–Trinajstić information content (AvgIpc) is 2.82. The summed E-state index contributed by atoms with van der Waals surface area (Å²) in [5, 5.41) is 0. The van der Waals surface area contributed by atoms with Crippen molar-refractivity contribution in [1.82, 2.24) is 0 Å². The number of nitrogens with zero attached hydrogens (tertiary/aromatic N) is 1. The summed E-state index contributed by atoms with van der Waals surface area (Å²) < 4.78 is 6.45. The molecule has 0 saturated carbocycles. The van der Waals surface area contributed by atoms with Crippen molar-refractivity contribution in [3.63, 3.8) is 0 Å². The molecule has 3 rings (SSSR count). The molecule has 1 amide bonds. The highest BCUT2D eigenvalue weighted by Crippen LogP contribution is 2.46. The smallest absolute Gasteiger partial charge is 0.414 e. The van der Waals surface area contributed by atoms with Crippen molar-refractivity contribution in [1.29, 1.82) is 0 Å². The lowest BCUT2D eigenvalue weighted by atomic mass is 9.84. The number of carbonyl (C=O) groups excluding carboxylic acids is 1. The van der Waals surface area contributed by atoms with Crippen LogP contribution in [0.15, 0.2) is 46.9 Å². The summed E-state index contributed by atoms with van der Waals surface area (Å²) in [7, 11) is 0. The second-order valence-corrected chi connectivity index (χ2v) is 7.45. The first-order valence-corrected chi connectivity index (χ1v) is 8.47. The van der Waals surface area contributed by atoms with E-state index in [4.69, 9.17) is 4.74 Å². The molecule has 3 nitrogen and oxygen atoms in total. The summed E-state index contributed by atoms with van der Waals surface area (Å²) >= 11 is 3.59. The van der Waals surface area contributed by atoms with Crippen molar-refractivity contribution in [2.75, 3.05) is 11.4 Å². The first-order chi connectivity index (χ1) is 10.9. The van der Waals surface area contributed by atoms with Crippen LogP contribution in [0.2, 0.25) is 0 Å². The van der Waals surface area contributed by atoms with E-state index in [-0.39, 0.29) is 18.1 Å². The molecule has 1 aliphatic rings. The van der Waals surface area contributed by atoms with E-state index < -0.39 is 0 Å². The number of fused-ring (bicyclic) bond motifs is 1. The van der Waals surface area contributed by atoms with Gasteiger partial charge in [-0.15, -0.1) is 0 Å². The van der Waals surface area contributed by atoms with Crippen LogP contribution in [-0.2, 0) is 16.8 Å². The molecule has 23 heavy (non-hydrogen) atoms. The molecule has 0 atom stereocenters. The number of benzene rings is 2. The third-order valence-corrected chi connectivity index (χ3v) is 4.90. The van der Waals surface area contributed by atoms with E-state index in [0.29, 0.717) is 6.54 Å². The largest absolute Gasteiger partial charge is 0.444 e. The van der Waals surface area contributed by atoms with Crippen molar-refractivity contribution >= 4 is 27.7 Å². The summed E-state index contributed by atoms with van der Waals surface area (Å²) in [6.07, 6.45) is -0.299. The van der Waals surface area contributed by atoms with Crippen LogP contribution in [0.1, 0.15) is 30.5 Å². The van der Waals surface area contributed by atoms with Gasteiger partial charge in [-0.05, 0) is 45.6 Å². The lowest BCUT2D eigenvalue weighted by Crippen LogP contribution is -2.34. The molecule has 2 aromatic rings. The Morgan fingerprint density at radius 3 is 2.61 bits per heavy atom. The van der Waals surface area contributed by atoms with Gasteiger partial charge in [-0.1, -0.05) is 50.2 Å². The molecule has 0 radical (unpaired) electrons. The van der Waals surface area contributed by atoms with Crippen LogP contribution in [0.4, 0.5) is 10.5 Å². The van der Waals surface area contributed by atoms with Crippen LogP contribution in [0, 0.1) is 6.92 Å². The van der Waals surface area contributed by atoms with Gasteiger partial charge < -0.3 is 4.74 Å². The minimum atomic E-state index is -0.299. The zero-order chi connectivity index (χ0) is 16.6. The molecule has 2 aromatic carbocycles. The zero-order valence-corrected chi connectivity index (χ0v) is 15.2. The Morgan fingerprint density at radius 1 is 1.22 bits per heavy atom. The van der Waals surface area contributed by atoms with E-state index in [2.05, 4.69) is 42.8 Å². The predicted octanol–water partition coefficient (Wildman–Crippen LogP) is 5.19. The third kappa shape index (κ3) is 3.00. The Kier molecular flexibility index (Phi) is 4.19. The number of ether oxygens (including phenoxy) is 1.